The summed E-state index contributed by atoms with van der Waals surface area (Å²) < 4.78 is 7.68. The highest BCUT2D eigenvalue weighted by Crippen LogP contribution is 2.26. The number of thiazole rings is 1. The first-order chi connectivity index (χ1) is 14.8. The van der Waals surface area contributed by atoms with Gasteiger partial charge in [0.05, 0.1) is 5.52 Å². The first-order valence-electron chi connectivity index (χ1n) is 9.48. The zero-order chi connectivity index (χ0) is 20.3. The van der Waals surface area contributed by atoms with Crippen LogP contribution in [0.2, 0.25) is 0 Å². The summed E-state index contributed by atoms with van der Waals surface area (Å²) in [5, 5.41) is 14.6. The number of aromatic nitrogens is 3. The third kappa shape index (κ3) is 3.66. The van der Waals surface area contributed by atoms with E-state index in [1.807, 2.05) is 78.3 Å². The standard InChI is InChI=1S/C24H18N3O2S/c28-24(21-16-30-23(26-21)19-7-4-11-25-14-19)27-12-10-18-8-9-20(13-22(18)27)29-15-17-5-2-1-3-6-17/h1-14,16,28H,15H2/q-1. The molecule has 6 heteroatoms. The van der Waals surface area contributed by atoms with Gasteiger partial charge in [-0.2, -0.15) is 0 Å². The van der Waals surface area contributed by atoms with Crippen molar-refractivity contribution in [1.82, 2.24) is 9.97 Å². The average molecular weight is 412 g/mol. The highest BCUT2D eigenvalue weighted by molar-refractivity contribution is 7.13. The smallest absolute Gasteiger partial charge is 0.249 e. The van der Waals surface area contributed by atoms with Gasteiger partial charge in [0, 0.05) is 18.1 Å². The Kier molecular flexibility index (Phi) is 4.93. The fourth-order valence-corrected chi connectivity index (χ4v) is 4.03. The molecule has 0 spiro atoms. The quantitative estimate of drug-likeness (QED) is 0.249. The van der Waals surface area contributed by atoms with E-state index in [4.69, 9.17) is 4.74 Å². The molecule has 0 aliphatic heterocycles. The Morgan fingerprint density at radius 2 is 1.97 bits per heavy atom. The Balaban J connectivity index is 1.40. The van der Waals surface area contributed by atoms with E-state index in [0.29, 0.717) is 12.3 Å². The minimum atomic E-state index is 0.0802. The van der Waals surface area contributed by atoms with E-state index in [0.717, 1.165) is 32.8 Å². The Morgan fingerprint density at radius 3 is 2.80 bits per heavy atom. The second kappa shape index (κ2) is 8.02. The van der Waals surface area contributed by atoms with Gasteiger partial charge in [0.25, 0.3) is 0 Å². The van der Waals surface area contributed by atoms with Gasteiger partial charge in [0.2, 0.25) is 5.01 Å². The monoisotopic (exact) mass is 412 g/mol. The molecule has 3 heterocycles. The van der Waals surface area contributed by atoms with Crippen LogP contribution in [0, 0.1) is 6.23 Å². The van der Waals surface area contributed by atoms with Crippen LogP contribution in [0.1, 0.15) is 11.3 Å². The summed E-state index contributed by atoms with van der Waals surface area (Å²) in [6, 6.07) is 21.7. The second-order valence-electron chi connectivity index (χ2n) is 6.78. The normalized spacial score (nSPS) is 11.0. The van der Waals surface area contributed by atoms with Crippen LogP contribution in [-0.4, -0.2) is 15.1 Å². The zero-order valence-electron chi connectivity index (χ0n) is 16.0. The molecule has 0 unspecified atom stereocenters. The molecule has 0 aliphatic rings. The number of hydrogen-bond donors (Lipinski definition) is 1. The highest BCUT2D eigenvalue weighted by Gasteiger charge is 2.16. The van der Waals surface area contributed by atoms with Gasteiger partial charge < -0.3 is 19.4 Å². The number of aliphatic hydroxyl groups is 1. The predicted octanol–water partition coefficient (Wildman–Crippen LogP) is 4.70. The van der Waals surface area contributed by atoms with Gasteiger partial charge in [-0.25, -0.2) is 0 Å². The molecule has 5 nitrogen and oxygen atoms in total. The molecule has 0 fully saturated rings. The molecule has 2 aromatic carbocycles. The van der Waals surface area contributed by atoms with Crippen molar-refractivity contribution in [3.05, 3.63) is 108 Å². The molecule has 5 aromatic rings. The SMILES string of the molecule is O[C-](c1c[s+][c-](-c2cccnc2)n1)[n+]1ccc2ccc(OCc3ccccc3)c[c-]21. The maximum Gasteiger partial charge on any atom is 0.249 e. The van der Waals surface area contributed by atoms with E-state index in [-0.39, 0.29) is 6.23 Å². The first-order valence-corrected chi connectivity index (χ1v) is 10.4. The molecule has 5 rings (SSSR count). The summed E-state index contributed by atoms with van der Waals surface area (Å²) in [4.78, 5) is 8.71. The Bertz CT molecular complexity index is 1270. The van der Waals surface area contributed by atoms with E-state index in [2.05, 4.69) is 9.97 Å². The second-order valence-corrected chi connectivity index (χ2v) is 7.64. The molecular weight excluding hydrogens is 394 g/mol. The fraction of sp³-hybridized carbons (Fsp3) is 0.0417. The molecule has 0 radical (unpaired) electrons. The largest absolute Gasteiger partial charge is 0.490 e. The molecule has 1 N–H and O–H groups in total. The lowest BCUT2D eigenvalue weighted by atomic mass is 10.2. The number of hydrogen-bond acceptors (Lipinski definition) is 4. The average Bonchev–Trinajstić information content (AvgIpc) is 3.46. The van der Waals surface area contributed by atoms with Crippen LogP contribution < -0.4 is 9.30 Å². The van der Waals surface area contributed by atoms with Crippen LogP contribution in [0.15, 0.2) is 90.7 Å². The topological polar surface area (TPSA) is 59.1 Å². The van der Waals surface area contributed by atoms with Crippen molar-refractivity contribution in [1.29, 1.82) is 0 Å². The minimum absolute atomic E-state index is 0.0802. The lowest BCUT2D eigenvalue weighted by molar-refractivity contribution is -0.652. The van der Waals surface area contributed by atoms with E-state index >= 15 is 0 Å². The predicted molar refractivity (Wildman–Crippen MR) is 116 cm³/mol. The third-order valence-corrected chi connectivity index (χ3v) is 5.67. The number of ether oxygens (including phenoxy) is 1. The van der Waals surface area contributed by atoms with Crippen molar-refractivity contribution in [2.45, 2.75) is 6.61 Å². The first kappa shape index (κ1) is 18.4. The molecule has 148 valence electrons. The van der Waals surface area contributed by atoms with Crippen LogP contribution in [-0.2, 0) is 6.61 Å². The summed E-state index contributed by atoms with van der Waals surface area (Å²) in [5.41, 5.74) is 3.41. The summed E-state index contributed by atoms with van der Waals surface area (Å²) >= 11 is 1.47. The number of aliphatic hydroxyl groups excluding tert-OH is 1. The van der Waals surface area contributed by atoms with Crippen LogP contribution >= 0.6 is 11.3 Å². The number of fused-ring (bicyclic) bond motifs is 1. The van der Waals surface area contributed by atoms with Crippen molar-refractivity contribution >= 4 is 22.2 Å². The van der Waals surface area contributed by atoms with Crippen LogP contribution in [0.25, 0.3) is 21.5 Å². The summed E-state index contributed by atoms with van der Waals surface area (Å²) in [6.07, 6.45) is 5.41. The van der Waals surface area contributed by atoms with E-state index in [1.165, 1.54) is 11.3 Å². The van der Waals surface area contributed by atoms with Gasteiger partial charge in [-0.1, -0.05) is 53.9 Å². The molecule has 3 aromatic heterocycles. The van der Waals surface area contributed by atoms with Gasteiger partial charge in [-0.05, 0) is 29.5 Å². The van der Waals surface area contributed by atoms with Crippen LogP contribution in [0.4, 0.5) is 0 Å². The van der Waals surface area contributed by atoms with E-state index < -0.39 is 0 Å². The van der Waals surface area contributed by atoms with Crippen molar-refractivity contribution < 1.29 is 14.4 Å². The Morgan fingerprint density at radius 1 is 1.07 bits per heavy atom. The van der Waals surface area contributed by atoms with Gasteiger partial charge >= 0.3 is 0 Å². The van der Waals surface area contributed by atoms with Crippen LogP contribution in [0.5, 0.6) is 5.75 Å². The van der Waals surface area contributed by atoms with Crippen molar-refractivity contribution in [3.8, 4) is 16.3 Å². The minimum Gasteiger partial charge on any atom is -0.490 e. The van der Waals surface area contributed by atoms with Gasteiger partial charge in [-0.3, -0.25) is 4.98 Å². The Hall–Kier alpha value is -3.61. The fourth-order valence-electron chi connectivity index (χ4n) is 3.25. The number of nitrogens with zero attached hydrogens (tertiary/aromatic N) is 3. The van der Waals surface area contributed by atoms with Crippen molar-refractivity contribution in [3.63, 3.8) is 0 Å². The number of pyridine rings is 1. The lowest BCUT2D eigenvalue weighted by Crippen LogP contribution is -2.39. The molecule has 0 atom stereocenters. The summed E-state index contributed by atoms with van der Waals surface area (Å²) in [6.45, 7) is 0.489. The van der Waals surface area contributed by atoms with Crippen LogP contribution in [0.3, 0.4) is 0 Å². The van der Waals surface area contributed by atoms with Gasteiger partial charge in [-0.15, -0.1) is 6.07 Å². The van der Waals surface area contributed by atoms with Gasteiger partial charge in [0.1, 0.15) is 24.0 Å². The van der Waals surface area contributed by atoms with Crippen molar-refractivity contribution in [2.75, 3.05) is 0 Å². The molecule has 0 amide bonds. The summed E-state index contributed by atoms with van der Waals surface area (Å²) in [7, 11) is 0. The maximum absolute atomic E-state index is 10.9. The summed E-state index contributed by atoms with van der Waals surface area (Å²) in [5.74, 6) is 0.744. The highest BCUT2D eigenvalue weighted by atomic mass is 32.1. The molecule has 30 heavy (non-hydrogen) atoms. The molecule has 0 saturated carbocycles. The van der Waals surface area contributed by atoms with E-state index in [9.17, 15) is 5.11 Å². The third-order valence-electron chi connectivity index (χ3n) is 4.78. The van der Waals surface area contributed by atoms with Crippen molar-refractivity contribution in [2.24, 2.45) is 0 Å². The van der Waals surface area contributed by atoms with E-state index in [1.54, 1.807) is 17.0 Å². The maximum atomic E-state index is 10.9. The number of rotatable bonds is 6. The lowest BCUT2D eigenvalue weighted by Gasteiger charge is -2.16. The molecular formula is C24H18N3O2S-. The van der Waals surface area contributed by atoms with Gasteiger partial charge in [0.15, 0.2) is 11.3 Å². The molecule has 0 saturated heterocycles. The number of benzene rings is 2. The molecule has 0 aliphatic carbocycles. The zero-order valence-corrected chi connectivity index (χ0v) is 16.8. The Labute approximate surface area is 177 Å². The molecule has 0 bridgehead atoms.